The highest BCUT2D eigenvalue weighted by molar-refractivity contribution is 6.18. The molecule has 1 heterocycles. The Morgan fingerprint density at radius 3 is 2.64 bits per heavy atom. The summed E-state index contributed by atoms with van der Waals surface area (Å²) in [6.07, 6.45) is 0.0138. The van der Waals surface area contributed by atoms with Gasteiger partial charge in [-0.2, -0.15) is 0 Å². The van der Waals surface area contributed by atoms with Crippen molar-refractivity contribution < 1.29 is 4.74 Å². The van der Waals surface area contributed by atoms with Crippen LogP contribution in [-0.4, -0.2) is 18.5 Å². The molecule has 0 amide bonds. The molecule has 0 saturated carbocycles. The molecule has 3 atom stereocenters. The third-order valence-corrected chi connectivity index (χ3v) is 3.11. The van der Waals surface area contributed by atoms with Crippen molar-refractivity contribution in [2.45, 2.75) is 12.1 Å². The molecule has 1 aromatic carbocycles. The summed E-state index contributed by atoms with van der Waals surface area (Å²) in [5.41, 5.74) is 7.20. The van der Waals surface area contributed by atoms with Gasteiger partial charge in [0.2, 0.25) is 0 Å². The summed E-state index contributed by atoms with van der Waals surface area (Å²) < 4.78 is 5.65. The van der Waals surface area contributed by atoms with Crippen LogP contribution in [0.5, 0.6) is 0 Å². The van der Waals surface area contributed by atoms with Gasteiger partial charge in [-0.05, 0) is 5.56 Å². The quantitative estimate of drug-likeness (QED) is 0.759. The predicted octanol–water partition coefficient (Wildman–Crippen LogP) is 1.94. The first-order chi connectivity index (χ1) is 6.83. The van der Waals surface area contributed by atoms with Gasteiger partial charge in [-0.25, -0.2) is 0 Å². The second-order valence-corrected chi connectivity index (χ2v) is 3.96. The smallest absolute Gasteiger partial charge is 0.0979 e. The summed E-state index contributed by atoms with van der Waals surface area (Å²) in [7, 11) is 0. The molecule has 3 heteroatoms. The van der Waals surface area contributed by atoms with Gasteiger partial charge < -0.3 is 10.5 Å². The Balaban J connectivity index is 2.14. The summed E-state index contributed by atoms with van der Waals surface area (Å²) in [5, 5.41) is 0. The van der Waals surface area contributed by atoms with Crippen LogP contribution < -0.4 is 5.73 Å². The van der Waals surface area contributed by atoms with E-state index in [4.69, 9.17) is 22.1 Å². The van der Waals surface area contributed by atoms with E-state index in [2.05, 4.69) is 0 Å². The van der Waals surface area contributed by atoms with Gasteiger partial charge in [-0.1, -0.05) is 30.3 Å². The van der Waals surface area contributed by atoms with E-state index in [1.165, 1.54) is 0 Å². The third-order valence-electron chi connectivity index (χ3n) is 2.71. The Labute approximate surface area is 89.0 Å². The molecule has 1 aliphatic heterocycles. The minimum Gasteiger partial charge on any atom is -0.371 e. The molecule has 14 heavy (non-hydrogen) atoms. The summed E-state index contributed by atoms with van der Waals surface area (Å²) in [5.74, 6) is 0.853. The van der Waals surface area contributed by atoms with Crippen LogP contribution in [-0.2, 0) is 4.74 Å². The van der Waals surface area contributed by atoms with Crippen LogP contribution in [0.15, 0.2) is 30.3 Å². The number of halogens is 1. The van der Waals surface area contributed by atoms with Crippen LogP contribution >= 0.6 is 11.6 Å². The van der Waals surface area contributed by atoms with E-state index in [-0.39, 0.29) is 18.1 Å². The molecule has 0 radical (unpaired) electrons. The van der Waals surface area contributed by atoms with E-state index in [0.717, 1.165) is 5.56 Å². The zero-order valence-electron chi connectivity index (χ0n) is 7.90. The first kappa shape index (κ1) is 9.97. The number of hydrogen-bond donors (Lipinski definition) is 1. The molecule has 1 aliphatic rings. The zero-order chi connectivity index (χ0) is 9.97. The maximum Gasteiger partial charge on any atom is 0.0979 e. The maximum atomic E-state index is 6.06. The van der Waals surface area contributed by atoms with Crippen LogP contribution in [0.4, 0.5) is 0 Å². The number of alkyl halides is 1. The lowest BCUT2D eigenvalue weighted by molar-refractivity contribution is 0.103. The summed E-state index contributed by atoms with van der Waals surface area (Å²) >= 11 is 5.80. The van der Waals surface area contributed by atoms with Gasteiger partial charge in [0.25, 0.3) is 0 Å². The molecular formula is C11H14ClNO. The maximum absolute atomic E-state index is 6.06. The summed E-state index contributed by atoms with van der Waals surface area (Å²) in [4.78, 5) is 0. The number of nitrogens with two attached hydrogens (primary N) is 1. The molecule has 2 rings (SSSR count). The molecule has 0 spiro atoms. The van der Waals surface area contributed by atoms with E-state index >= 15 is 0 Å². The Morgan fingerprint density at radius 1 is 1.36 bits per heavy atom. The largest absolute Gasteiger partial charge is 0.371 e. The van der Waals surface area contributed by atoms with Gasteiger partial charge >= 0.3 is 0 Å². The highest BCUT2D eigenvalue weighted by Gasteiger charge is 2.34. The second kappa shape index (κ2) is 4.30. The molecule has 0 aliphatic carbocycles. The van der Waals surface area contributed by atoms with Gasteiger partial charge in [-0.3, -0.25) is 0 Å². The molecule has 1 fully saturated rings. The molecule has 0 bridgehead atoms. The van der Waals surface area contributed by atoms with Crippen molar-refractivity contribution in [2.75, 3.05) is 12.5 Å². The summed E-state index contributed by atoms with van der Waals surface area (Å²) in [6, 6.07) is 10.1. The molecular weight excluding hydrogens is 198 g/mol. The van der Waals surface area contributed by atoms with E-state index in [9.17, 15) is 0 Å². The van der Waals surface area contributed by atoms with Crippen molar-refractivity contribution in [1.29, 1.82) is 0 Å². The van der Waals surface area contributed by atoms with Gasteiger partial charge in [0.1, 0.15) is 0 Å². The van der Waals surface area contributed by atoms with Crippen molar-refractivity contribution in [3.8, 4) is 0 Å². The minimum atomic E-state index is 0.0138. The van der Waals surface area contributed by atoms with Crippen LogP contribution in [0.25, 0.3) is 0 Å². The van der Waals surface area contributed by atoms with Crippen molar-refractivity contribution in [1.82, 2.24) is 0 Å². The lowest BCUT2D eigenvalue weighted by Crippen LogP contribution is -2.31. The predicted molar refractivity (Wildman–Crippen MR) is 57.3 cm³/mol. The SMILES string of the molecule is NC1C(CCl)COC1c1ccccc1. The van der Waals surface area contributed by atoms with Crippen molar-refractivity contribution in [3.05, 3.63) is 35.9 Å². The number of rotatable bonds is 2. The van der Waals surface area contributed by atoms with Crippen molar-refractivity contribution >= 4 is 11.6 Å². The topological polar surface area (TPSA) is 35.2 Å². The lowest BCUT2D eigenvalue weighted by Gasteiger charge is -2.17. The van der Waals surface area contributed by atoms with Crippen LogP contribution in [0.3, 0.4) is 0 Å². The Kier molecular flexibility index (Phi) is 3.06. The normalized spacial score (nSPS) is 32.0. The standard InChI is InChI=1S/C11H14ClNO/c12-6-9-7-14-11(10(9)13)8-4-2-1-3-5-8/h1-5,9-11H,6-7,13H2. The highest BCUT2D eigenvalue weighted by atomic mass is 35.5. The molecule has 2 N–H and O–H groups in total. The third kappa shape index (κ3) is 1.78. The van der Waals surface area contributed by atoms with Crippen LogP contribution in [0, 0.1) is 5.92 Å². The number of hydrogen-bond acceptors (Lipinski definition) is 2. The highest BCUT2D eigenvalue weighted by Crippen LogP contribution is 2.31. The fourth-order valence-corrected chi connectivity index (χ4v) is 2.10. The molecule has 0 aromatic heterocycles. The Morgan fingerprint density at radius 2 is 2.07 bits per heavy atom. The molecule has 2 nitrogen and oxygen atoms in total. The Bertz CT molecular complexity index is 291. The Hall–Kier alpha value is -0.570. The number of ether oxygens (including phenoxy) is 1. The first-order valence-corrected chi connectivity index (χ1v) is 5.34. The van der Waals surface area contributed by atoms with E-state index < -0.39 is 0 Å². The first-order valence-electron chi connectivity index (χ1n) is 4.81. The van der Waals surface area contributed by atoms with E-state index in [0.29, 0.717) is 12.5 Å². The average molecular weight is 212 g/mol. The minimum absolute atomic E-state index is 0.0138. The molecule has 1 aromatic rings. The van der Waals surface area contributed by atoms with Gasteiger partial charge in [0.05, 0.1) is 12.7 Å². The molecule has 3 unspecified atom stereocenters. The van der Waals surface area contributed by atoms with Gasteiger partial charge in [0, 0.05) is 17.8 Å². The fraction of sp³-hybridized carbons (Fsp3) is 0.455. The van der Waals surface area contributed by atoms with Gasteiger partial charge in [-0.15, -0.1) is 11.6 Å². The van der Waals surface area contributed by atoms with Crippen LogP contribution in [0.2, 0.25) is 0 Å². The van der Waals surface area contributed by atoms with Gasteiger partial charge in [0.15, 0.2) is 0 Å². The number of benzene rings is 1. The molecule has 1 saturated heterocycles. The van der Waals surface area contributed by atoms with Crippen LogP contribution in [0.1, 0.15) is 11.7 Å². The lowest BCUT2D eigenvalue weighted by atomic mass is 9.97. The van der Waals surface area contributed by atoms with E-state index in [1.807, 2.05) is 30.3 Å². The second-order valence-electron chi connectivity index (χ2n) is 3.66. The molecule has 76 valence electrons. The van der Waals surface area contributed by atoms with E-state index in [1.54, 1.807) is 0 Å². The fourth-order valence-electron chi connectivity index (χ4n) is 1.81. The summed E-state index contributed by atoms with van der Waals surface area (Å²) in [6.45, 7) is 0.671. The average Bonchev–Trinajstić information content (AvgIpc) is 2.61. The van der Waals surface area contributed by atoms with Crippen molar-refractivity contribution in [3.63, 3.8) is 0 Å². The van der Waals surface area contributed by atoms with Crippen molar-refractivity contribution in [2.24, 2.45) is 11.7 Å². The zero-order valence-corrected chi connectivity index (χ0v) is 8.65. The monoisotopic (exact) mass is 211 g/mol.